The summed E-state index contributed by atoms with van der Waals surface area (Å²) in [5, 5.41) is 0. The van der Waals surface area contributed by atoms with Crippen molar-refractivity contribution < 1.29 is 18.9 Å². The molecule has 0 amide bonds. The third-order valence-corrected chi connectivity index (χ3v) is 1.23. The van der Waals surface area contributed by atoms with Gasteiger partial charge in [0.25, 0.3) is 0 Å². The monoisotopic (exact) mass is 130 g/mol. The molecule has 0 saturated carbocycles. The molecule has 0 aromatic rings. The number of hydrogen-bond acceptors (Lipinski definition) is 0. The second-order valence-corrected chi connectivity index (χ2v) is 2.18. The summed E-state index contributed by atoms with van der Waals surface area (Å²) >= 11 is 0. The molecule has 0 aromatic carbocycles. The molecule has 0 rings (SSSR count). The van der Waals surface area contributed by atoms with E-state index in [-0.39, 0.29) is 18.9 Å². The molecule has 0 fully saturated rings. The molecule has 0 bridgehead atoms. The summed E-state index contributed by atoms with van der Waals surface area (Å²) in [6.45, 7) is 11.3. The largest absolute Gasteiger partial charge is 1.00 e. The van der Waals surface area contributed by atoms with E-state index < -0.39 is 0 Å². The Balaban J connectivity index is 0. The van der Waals surface area contributed by atoms with Crippen molar-refractivity contribution in [3.05, 3.63) is 31.7 Å². The third-order valence-electron chi connectivity index (χ3n) is 1.23. The van der Waals surface area contributed by atoms with Gasteiger partial charge in [-0.1, -0.05) is 24.6 Å². The first-order valence-corrected chi connectivity index (χ1v) is 3.38. The molecule has 10 heavy (non-hydrogen) atoms. The predicted molar refractivity (Wildman–Crippen MR) is 43.2 cm³/mol. The summed E-state index contributed by atoms with van der Waals surface area (Å²) in [5.74, 6) is 0. The Kier molecular flexibility index (Phi) is 11.6. The van der Waals surface area contributed by atoms with Crippen LogP contribution in [0, 0.1) is 6.92 Å². The Bertz CT molecular complexity index is 94.9. The maximum absolute atomic E-state index is 3.89. The van der Waals surface area contributed by atoms with Gasteiger partial charge < -0.3 is 6.92 Å². The van der Waals surface area contributed by atoms with Gasteiger partial charge in [0.1, 0.15) is 0 Å². The van der Waals surface area contributed by atoms with Gasteiger partial charge in [0.15, 0.2) is 0 Å². The van der Waals surface area contributed by atoms with Crippen molar-refractivity contribution >= 4 is 0 Å². The summed E-state index contributed by atoms with van der Waals surface area (Å²) in [6.07, 6.45) is 6.09. The van der Waals surface area contributed by atoms with Crippen molar-refractivity contribution in [1.29, 1.82) is 0 Å². The first-order valence-electron chi connectivity index (χ1n) is 3.38. The zero-order valence-corrected chi connectivity index (χ0v) is 7.03. The maximum Gasteiger partial charge on any atom is 1.00 e. The first-order chi connectivity index (χ1) is 4.31. The fourth-order valence-electron chi connectivity index (χ4n) is 0.681. The Morgan fingerprint density at radius 2 is 2.00 bits per heavy atom. The second kappa shape index (κ2) is 9.08. The Morgan fingerprint density at radius 3 is 2.40 bits per heavy atom. The van der Waals surface area contributed by atoms with Gasteiger partial charge in [-0.05, 0) is 12.8 Å². The molecular formula is C9H15Li. The molecule has 0 aliphatic rings. The molecule has 0 heterocycles. The minimum atomic E-state index is 0. The zero-order valence-electron chi connectivity index (χ0n) is 7.03. The van der Waals surface area contributed by atoms with Crippen molar-refractivity contribution in [3.63, 3.8) is 0 Å². The molecule has 1 heteroatoms. The van der Waals surface area contributed by atoms with E-state index in [0.29, 0.717) is 0 Å². The average molecular weight is 130 g/mol. The summed E-state index contributed by atoms with van der Waals surface area (Å²) in [5.41, 5.74) is 1.30. The molecule has 0 aliphatic carbocycles. The summed E-state index contributed by atoms with van der Waals surface area (Å²) in [6, 6.07) is 0. The molecule has 0 spiro atoms. The van der Waals surface area contributed by atoms with E-state index in [0.717, 1.165) is 25.7 Å². The Hall–Kier alpha value is 0.0774. The van der Waals surface area contributed by atoms with Gasteiger partial charge in [0, 0.05) is 0 Å². The summed E-state index contributed by atoms with van der Waals surface area (Å²) in [4.78, 5) is 0. The van der Waals surface area contributed by atoms with E-state index >= 15 is 0 Å². The molecule has 0 nitrogen and oxygen atoms in total. The van der Waals surface area contributed by atoms with E-state index in [1.165, 1.54) is 5.57 Å². The summed E-state index contributed by atoms with van der Waals surface area (Å²) < 4.78 is 0. The molecule has 0 saturated heterocycles. The van der Waals surface area contributed by atoms with E-state index in [4.69, 9.17) is 0 Å². The van der Waals surface area contributed by atoms with Crippen LogP contribution in [0.5, 0.6) is 0 Å². The average Bonchev–Trinajstić information content (AvgIpc) is 1.85. The molecule has 52 valence electrons. The second-order valence-electron chi connectivity index (χ2n) is 2.18. The van der Waals surface area contributed by atoms with Crippen LogP contribution in [-0.2, 0) is 0 Å². The van der Waals surface area contributed by atoms with Gasteiger partial charge in [-0.3, -0.25) is 0 Å². The first kappa shape index (κ1) is 12.7. The number of allylic oxidation sites excluding steroid dienone is 2. The van der Waals surface area contributed by atoms with Gasteiger partial charge in [-0.25, -0.2) is 0 Å². The van der Waals surface area contributed by atoms with Crippen LogP contribution in [0.15, 0.2) is 24.8 Å². The van der Waals surface area contributed by atoms with E-state index in [1.54, 1.807) is 0 Å². The molecule has 0 aromatic heterocycles. The fraction of sp³-hybridized carbons (Fsp3) is 0.444. The van der Waals surface area contributed by atoms with Crippen LogP contribution in [0.4, 0.5) is 0 Å². The normalized spacial score (nSPS) is 8.10. The standard InChI is InChI=1S/C9H15.Li/c1-4-6-8-9(3)7-5-2;/h4H,1-3,5-8H2;/q-1;+1. The topological polar surface area (TPSA) is 0 Å². The fourth-order valence-corrected chi connectivity index (χ4v) is 0.681. The zero-order chi connectivity index (χ0) is 7.11. The van der Waals surface area contributed by atoms with Crippen molar-refractivity contribution in [2.75, 3.05) is 0 Å². The number of hydrogen-bond donors (Lipinski definition) is 0. The van der Waals surface area contributed by atoms with Gasteiger partial charge in [0.05, 0.1) is 0 Å². The van der Waals surface area contributed by atoms with Crippen LogP contribution in [-0.4, -0.2) is 0 Å². The van der Waals surface area contributed by atoms with Gasteiger partial charge >= 0.3 is 18.9 Å². The van der Waals surface area contributed by atoms with Crippen LogP contribution in [0.1, 0.15) is 25.7 Å². The van der Waals surface area contributed by atoms with Crippen molar-refractivity contribution in [2.45, 2.75) is 25.7 Å². The molecule has 0 unspecified atom stereocenters. The number of rotatable bonds is 5. The quantitative estimate of drug-likeness (QED) is 0.282. The van der Waals surface area contributed by atoms with Crippen LogP contribution >= 0.6 is 0 Å². The van der Waals surface area contributed by atoms with Gasteiger partial charge in [0.2, 0.25) is 0 Å². The van der Waals surface area contributed by atoms with E-state index in [1.807, 2.05) is 6.08 Å². The van der Waals surface area contributed by atoms with Crippen molar-refractivity contribution in [3.8, 4) is 0 Å². The molecular weight excluding hydrogens is 115 g/mol. The molecule has 0 radical (unpaired) electrons. The smallest absolute Gasteiger partial charge is 0.343 e. The van der Waals surface area contributed by atoms with Crippen LogP contribution in [0.25, 0.3) is 0 Å². The SMILES string of the molecule is C=CCCC(=C)CC[CH2-].[Li+]. The molecule has 0 N–H and O–H groups in total. The van der Waals surface area contributed by atoms with Crippen LogP contribution in [0.3, 0.4) is 0 Å². The molecule has 0 aliphatic heterocycles. The Morgan fingerprint density at radius 1 is 1.40 bits per heavy atom. The van der Waals surface area contributed by atoms with Crippen LogP contribution in [0.2, 0.25) is 0 Å². The third kappa shape index (κ3) is 8.08. The van der Waals surface area contributed by atoms with Gasteiger partial charge in [-0.2, -0.15) is 6.42 Å². The minimum absolute atomic E-state index is 0. The van der Waals surface area contributed by atoms with E-state index in [2.05, 4.69) is 20.1 Å². The maximum atomic E-state index is 3.89. The molecule has 0 atom stereocenters. The van der Waals surface area contributed by atoms with Gasteiger partial charge in [-0.15, -0.1) is 6.58 Å². The van der Waals surface area contributed by atoms with Crippen molar-refractivity contribution in [2.24, 2.45) is 0 Å². The Labute approximate surface area is 76.6 Å². The minimum Gasteiger partial charge on any atom is -0.343 e. The van der Waals surface area contributed by atoms with Crippen molar-refractivity contribution in [1.82, 2.24) is 0 Å². The summed E-state index contributed by atoms with van der Waals surface area (Å²) in [7, 11) is 0. The van der Waals surface area contributed by atoms with Crippen LogP contribution < -0.4 is 18.9 Å². The predicted octanol–water partition coefficient (Wildman–Crippen LogP) is 0.127. The van der Waals surface area contributed by atoms with E-state index in [9.17, 15) is 0 Å².